The monoisotopic (exact) mass is 454 g/mol. The van der Waals surface area contributed by atoms with Crippen LogP contribution in [-0.2, 0) is 13.0 Å². The van der Waals surface area contributed by atoms with Crippen LogP contribution in [0.4, 0.5) is 0 Å². The van der Waals surface area contributed by atoms with Gasteiger partial charge < -0.3 is 14.4 Å². The second-order valence-corrected chi connectivity index (χ2v) is 9.08. The Hall–Kier alpha value is -3.87. The van der Waals surface area contributed by atoms with Crippen molar-refractivity contribution in [3.63, 3.8) is 0 Å². The fraction of sp³-hybridized carbons (Fsp3) is 0.296. The summed E-state index contributed by atoms with van der Waals surface area (Å²) >= 11 is 0. The number of carbonyl (C=O) groups is 1. The third-order valence-corrected chi connectivity index (χ3v) is 6.54. The van der Waals surface area contributed by atoms with Crippen molar-refractivity contribution >= 4 is 16.9 Å². The van der Waals surface area contributed by atoms with Gasteiger partial charge in [0.15, 0.2) is 17.1 Å². The molecule has 2 aliphatic heterocycles. The van der Waals surface area contributed by atoms with E-state index < -0.39 is 0 Å². The van der Waals surface area contributed by atoms with E-state index in [1.807, 2.05) is 39.9 Å². The molecular formula is C27H26N4O3. The van der Waals surface area contributed by atoms with Crippen molar-refractivity contribution in [1.82, 2.24) is 19.7 Å². The second-order valence-electron chi connectivity index (χ2n) is 9.08. The molecule has 0 spiro atoms. The van der Waals surface area contributed by atoms with Gasteiger partial charge >= 0.3 is 0 Å². The smallest absolute Gasteiger partial charge is 0.255 e. The third kappa shape index (κ3) is 3.48. The molecule has 0 N–H and O–H groups in total. The standard InChI is InChI=1S/C27H26N4O3/c1-17(2)31-26-22(15-28-31)21(27(32)30-10-9-18-5-3-4-6-20(18)16-30)14-23(29-26)19-7-8-24-25(13-19)34-12-11-33-24/h3-8,13-15,17H,9-12,16H2,1-2H3. The minimum absolute atomic E-state index is 0.00371. The number of hydrogen-bond donors (Lipinski definition) is 0. The molecule has 6 rings (SSSR count). The summed E-state index contributed by atoms with van der Waals surface area (Å²) in [5.41, 5.74) is 5.45. The van der Waals surface area contributed by atoms with Crippen LogP contribution in [0.15, 0.2) is 54.7 Å². The number of pyridine rings is 1. The Labute approximate surface area is 197 Å². The van der Waals surface area contributed by atoms with Crippen LogP contribution in [-0.4, -0.2) is 45.3 Å². The Morgan fingerprint density at radius 2 is 1.79 bits per heavy atom. The maximum absolute atomic E-state index is 13.8. The lowest BCUT2D eigenvalue weighted by Crippen LogP contribution is -2.36. The van der Waals surface area contributed by atoms with Gasteiger partial charge in [0.05, 0.1) is 22.8 Å². The molecule has 0 saturated heterocycles. The lowest BCUT2D eigenvalue weighted by atomic mass is 9.98. The van der Waals surface area contributed by atoms with Crippen molar-refractivity contribution in [3.8, 4) is 22.8 Å². The number of hydrogen-bond acceptors (Lipinski definition) is 5. The van der Waals surface area contributed by atoms with Gasteiger partial charge in [-0.05, 0) is 55.7 Å². The van der Waals surface area contributed by atoms with E-state index in [-0.39, 0.29) is 11.9 Å². The SMILES string of the molecule is CC(C)n1ncc2c(C(=O)N3CCc4ccccc4C3)cc(-c3ccc4c(c3)OCCO4)nc21. The average Bonchev–Trinajstić information content (AvgIpc) is 3.31. The summed E-state index contributed by atoms with van der Waals surface area (Å²) in [6, 6.07) is 16.1. The molecule has 7 heteroatoms. The Morgan fingerprint density at radius 1 is 1.00 bits per heavy atom. The molecule has 0 bridgehead atoms. The highest BCUT2D eigenvalue weighted by Crippen LogP contribution is 2.35. The zero-order valence-corrected chi connectivity index (χ0v) is 19.3. The molecule has 172 valence electrons. The average molecular weight is 455 g/mol. The molecule has 0 fully saturated rings. The van der Waals surface area contributed by atoms with Gasteiger partial charge in [-0.1, -0.05) is 24.3 Å². The Bertz CT molecular complexity index is 1410. The first-order valence-corrected chi connectivity index (χ1v) is 11.7. The maximum Gasteiger partial charge on any atom is 0.255 e. The second kappa shape index (κ2) is 8.17. The highest BCUT2D eigenvalue weighted by molar-refractivity contribution is 6.06. The molecule has 0 aliphatic carbocycles. The molecule has 1 amide bonds. The predicted molar refractivity (Wildman–Crippen MR) is 129 cm³/mol. The van der Waals surface area contributed by atoms with Crippen LogP contribution in [0.3, 0.4) is 0 Å². The number of carbonyl (C=O) groups excluding carboxylic acids is 1. The molecule has 0 saturated carbocycles. The van der Waals surface area contributed by atoms with Crippen molar-refractivity contribution in [2.75, 3.05) is 19.8 Å². The van der Waals surface area contributed by atoms with E-state index in [0.29, 0.717) is 49.0 Å². The molecule has 34 heavy (non-hydrogen) atoms. The Balaban J connectivity index is 1.45. The van der Waals surface area contributed by atoms with Crippen molar-refractivity contribution < 1.29 is 14.3 Å². The number of benzene rings is 2. The van der Waals surface area contributed by atoms with E-state index in [1.54, 1.807) is 6.20 Å². The highest BCUT2D eigenvalue weighted by atomic mass is 16.6. The van der Waals surface area contributed by atoms with Crippen molar-refractivity contribution in [1.29, 1.82) is 0 Å². The van der Waals surface area contributed by atoms with E-state index in [0.717, 1.165) is 23.1 Å². The predicted octanol–water partition coefficient (Wildman–Crippen LogP) is 4.65. The summed E-state index contributed by atoms with van der Waals surface area (Å²) in [4.78, 5) is 20.7. The number of fused-ring (bicyclic) bond motifs is 3. The first-order chi connectivity index (χ1) is 16.6. The minimum atomic E-state index is 0.00371. The first kappa shape index (κ1) is 20.7. The van der Waals surface area contributed by atoms with Crippen LogP contribution in [0.1, 0.15) is 41.4 Å². The third-order valence-electron chi connectivity index (χ3n) is 6.54. The van der Waals surface area contributed by atoms with E-state index in [2.05, 4.69) is 37.1 Å². The van der Waals surface area contributed by atoms with Gasteiger partial charge in [0.1, 0.15) is 13.2 Å². The maximum atomic E-state index is 13.8. The van der Waals surface area contributed by atoms with Gasteiger partial charge in [-0.25, -0.2) is 9.67 Å². The molecule has 2 aromatic carbocycles. The molecule has 0 atom stereocenters. The van der Waals surface area contributed by atoms with Gasteiger partial charge in [-0.15, -0.1) is 0 Å². The first-order valence-electron chi connectivity index (χ1n) is 11.7. The highest BCUT2D eigenvalue weighted by Gasteiger charge is 2.26. The summed E-state index contributed by atoms with van der Waals surface area (Å²) in [5.74, 6) is 1.43. The fourth-order valence-corrected chi connectivity index (χ4v) is 4.76. The van der Waals surface area contributed by atoms with Crippen LogP contribution >= 0.6 is 0 Å². The number of ether oxygens (including phenoxy) is 2. The van der Waals surface area contributed by atoms with Crippen molar-refractivity contribution in [3.05, 3.63) is 71.4 Å². The zero-order chi connectivity index (χ0) is 23.2. The van der Waals surface area contributed by atoms with Gasteiger partial charge in [-0.3, -0.25) is 4.79 Å². The molecular weight excluding hydrogens is 428 g/mol. The molecule has 4 aromatic rings. The Kier molecular flexibility index (Phi) is 4.98. The fourth-order valence-electron chi connectivity index (χ4n) is 4.76. The molecule has 4 heterocycles. The molecule has 7 nitrogen and oxygen atoms in total. The van der Waals surface area contributed by atoms with E-state index in [1.165, 1.54) is 11.1 Å². The normalized spacial score (nSPS) is 15.0. The van der Waals surface area contributed by atoms with Gasteiger partial charge in [-0.2, -0.15) is 5.10 Å². The van der Waals surface area contributed by atoms with Crippen LogP contribution in [0, 0.1) is 0 Å². The van der Waals surface area contributed by atoms with Gasteiger partial charge in [0, 0.05) is 24.7 Å². The quantitative estimate of drug-likeness (QED) is 0.451. The van der Waals surface area contributed by atoms with Gasteiger partial charge in [0.2, 0.25) is 0 Å². The van der Waals surface area contributed by atoms with E-state index in [4.69, 9.17) is 14.5 Å². The van der Waals surface area contributed by atoms with Crippen LogP contribution in [0.2, 0.25) is 0 Å². The number of nitrogens with zero attached hydrogens (tertiary/aromatic N) is 4. The lowest BCUT2D eigenvalue weighted by molar-refractivity contribution is 0.0736. The molecule has 0 radical (unpaired) electrons. The van der Waals surface area contributed by atoms with Crippen LogP contribution < -0.4 is 9.47 Å². The number of aromatic nitrogens is 3. The van der Waals surface area contributed by atoms with Crippen LogP contribution in [0.25, 0.3) is 22.3 Å². The van der Waals surface area contributed by atoms with Crippen molar-refractivity contribution in [2.24, 2.45) is 0 Å². The summed E-state index contributed by atoms with van der Waals surface area (Å²) in [6.45, 7) is 6.49. The number of amides is 1. The topological polar surface area (TPSA) is 69.5 Å². The van der Waals surface area contributed by atoms with Gasteiger partial charge in [0.25, 0.3) is 5.91 Å². The number of rotatable bonds is 3. The summed E-state index contributed by atoms with van der Waals surface area (Å²) in [5, 5.41) is 5.34. The molecule has 2 aromatic heterocycles. The minimum Gasteiger partial charge on any atom is -0.486 e. The molecule has 0 unspecified atom stereocenters. The van der Waals surface area contributed by atoms with Crippen molar-refractivity contribution in [2.45, 2.75) is 32.9 Å². The van der Waals surface area contributed by atoms with Crippen LogP contribution in [0.5, 0.6) is 11.5 Å². The summed E-state index contributed by atoms with van der Waals surface area (Å²) < 4.78 is 13.3. The van der Waals surface area contributed by atoms with E-state index >= 15 is 0 Å². The summed E-state index contributed by atoms with van der Waals surface area (Å²) in [7, 11) is 0. The summed E-state index contributed by atoms with van der Waals surface area (Å²) in [6.07, 6.45) is 2.62. The zero-order valence-electron chi connectivity index (χ0n) is 19.3. The molecule has 2 aliphatic rings. The van der Waals surface area contributed by atoms with E-state index in [9.17, 15) is 4.79 Å². The Morgan fingerprint density at radius 3 is 2.62 bits per heavy atom. The largest absolute Gasteiger partial charge is 0.486 e. The lowest BCUT2D eigenvalue weighted by Gasteiger charge is -2.29.